The number of hydrogen-bond donors (Lipinski definition) is 0. The number of aryl methyl sites for hydroxylation is 2. The van der Waals surface area contributed by atoms with Crippen LogP contribution in [0.2, 0.25) is 0 Å². The Morgan fingerprint density at radius 2 is 2.23 bits per heavy atom. The molecule has 0 amide bonds. The first-order valence-electron chi connectivity index (χ1n) is 4.60. The molecule has 0 bridgehead atoms. The van der Waals surface area contributed by atoms with Crippen molar-refractivity contribution in [2.45, 2.75) is 26.8 Å². The van der Waals surface area contributed by atoms with E-state index in [0.717, 1.165) is 24.2 Å². The molecule has 2 aromatic rings. The predicted octanol–water partition coefficient (Wildman–Crippen LogP) is 2.15. The van der Waals surface area contributed by atoms with Crippen LogP contribution in [0.4, 0.5) is 0 Å². The molecule has 0 aliphatic rings. The van der Waals surface area contributed by atoms with Gasteiger partial charge in [-0.05, 0) is 25.5 Å². The van der Waals surface area contributed by atoms with Crippen LogP contribution in [-0.2, 0) is 6.54 Å². The van der Waals surface area contributed by atoms with Crippen molar-refractivity contribution in [1.29, 1.82) is 0 Å². The fourth-order valence-corrected chi connectivity index (χ4v) is 1.51. The Morgan fingerprint density at radius 3 is 3.00 bits per heavy atom. The summed E-state index contributed by atoms with van der Waals surface area (Å²) in [7, 11) is 0. The molecular formula is C10H13N3. The first-order valence-corrected chi connectivity index (χ1v) is 4.60. The van der Waals surface area contributed by atoms with Gasteiger partial charge in [-0.25, -0.2) is 0 Å². The van der Waals surface area contributed by atoms with E-state index in [1.54, 1.807) is 0 Å². The summed E-state index contributed by atoms with van der Waals surface area (Å²) >= 11 is 0. The van der Waals surface area contributed by atoms with Crippen molar-refractivity contribution >= 4 is 11.0 Å². The normalized spacial score (nSPS) is 10.9. The average Bonchev–Trinajstić information content (AvgIpc) is 2.49. The summed E-state index contributed by atoms with van der Waals surface area (Å²) in [6.07, 6.45) is 3.22. The lowest BCUT2D eigenvalue weighted by molar-refractivity contribution is 0.702. The van der Waals surface area contributed by atoms with Crippen LogP contribution in [-0.4, -0.2) is 14.8 Å². The van der Waals surface area contributed by atoms with E-state index < -0.39 is 0 Å². The van der Waals surface area contributed by atoms with Gasteiger partial charge >= 0.3 is 0 Å². The zero-order valence-corrected chi connectivity index (χ0v) is 7.99. The smallest absolute Gasteiger partial charge is 0.111 e. The highest BCUT2D eigenvalue weighted by Crippen LogP contribution is 2.13. The molecule has 0 aliphatic heterocycles. The van der Waals surface area contributed by atoms with Gasteiger partial charge in [-0.2, -0.15) is 5.10 Å². The van der Waals surface area contributed by atoms with Crippen LogP contribution in [0.15, 0.2) is 18.3 Å². The Bertz CT molecular complexity index is 417. The van der Waals surface area contributed by atoms with Crippen molar-refractivity contribution in [1.82, 2.24) is 14.8 Å². The minimum Gasteiger partial charge on any atom is -0.346 e. The maximum atomic E-state index is 4.11. The lowest BCUT2D eigenvalue weighted by Crippen LogP contribution is -1.95. The third kappa shape index (κ3) is 1.41. The van der Waals surface area contributed by atoms with E-state index in [9.17, 15) is 0 Å². The van der Waals surface area contributed by atoms with Gasteiger partial charge in [0, 0.05) is 12.7 Å². The second-order valence-electron chi connectivity index (χ2n) is 3.27. The SMILES string of the molecule is CCCn1ccc2nnc(C)cc21. The molecule has 2 rings (SSSR count). The molecule has 0 saturated heterocycles. The Kier molecular flexibility index (Phi) is 2.00. The van der Waals surface area contributed by atoms with Crippen molar-refractivity contribution < 1.29 is 0 Å². The zero-order valence-electron chi connectivity index (χ0n) is 7.99. The highest BCUT2D eigenvalue weighted by atomic mass is 15.1. The van der Waals surface area contributed by atoms with Gasteiger partial charge in [0.2, 0.25) is 0 Å². The molecule has 13 heavy (non-hydrogen) atoms. The molecule has 0 aromatic carbocycles. The maximum absolute atomic E-state index is 4.11. The molecule has 0 N–H and O–H groups in total. The summed E-state index contributed by atoms with van der Waals surface area (Å²) in [5, 5.41) is 8.13. The number of hydrogen-bond acceptors (Lipinski definition) is 2. The van der Waals surface area contributed by atoms with Gasteiger partial charge in [0.1, 0.15) is 5.52 Å². The van der Waals surface area contributed by atoms with Crippen molar-refractivity contribution in [3.63, 3.8) is 0 Å². The lowest BCUT2D eigenvalue weighted by atomic mass is 10.3. The number of fused-ring (bicyclic) bond motifs is 1. The largest absolute Gasteiger partial charge is 0.346 e. The highest BCUT2D eigenvalue weighted by molar-refractivity contribution is 5.75. The molecule has 0 saturated carbocycles. The summed E-state index contributed by atoms with van der Waals surface area (Å²) in [4.78, 5) is 0. The van der Waals surface area contributed by atoms with Gasteiger partial charge in [-0.3, -0.25) is 0 Å². The predicted molar refractivity (Wildman–Crippen MR) is 52.6 cm³/mol. The van der Waals surface area contributed by atoms with Gasteiger partial charge in [-0.15, -0.1) is 5.10 Å². The summed E-state index contributed by atoms with van der Waals surface area (Å²) in [5.41, 5.74) is 3.15. The van der Waals surface area contributed by atoms with E-state index >= 15 is 0 Å². The maximum Gasteiger partial charge on any atom is 0.111 e. The average molecular weight is 175 g/mol. The number of aromatic nitrogens is 3. The van der Waals surface area contributed by atoms with Crippen molar-refractivity contribution in [2.75, 3.05) is 0 Å². The van der Waals surface area contributed by atoms with E-state index in [1.165, 1.54) is 5.52 Å². The van der Waals surface area contributed by atoms with Gasteiger partial charge in [0.15, 0.2) is 0 Å². The zero-order chi connectivity index (χ0) is 9.26. The summed E-state index contributed by atoms with van der Waals surface area (Å²) in [6, 6.07) is 4.09. The van der Waals surface area contributed by atoms with Gasteiger partial charge in [-0.1, -0.05) is 6.92 Å². The van der Waals surface area contributed by atoms with Crippen LogP contribution in [0.25, 0.3) is 11.0 Å². The summed E-state index contributed by atoms with van der Waals surface area (Å²) in [5.74, 6) is 0. The molecule has 2 aromatic heterocycles. The van der Waals surface area contributed by atoms with E-state index in [1.807, 2.05) is 13.0 Å². The van der Waals surface area contributed by atoms with Gasteiger partial charge in [0.05, 0.1) is 11.2 Å². The summed E-state index contributed by atoms with van der Waals surface area (Å²) in [6.45, 7) is 5.19. The van der Waals surface area contributed by atoms with Gasteiger partial charge < -0.3 is 4.57 Å². The standard InChI is InChI=1S/C10H13N3/c1-3-5-13-6-4-9-10(13)7-8(2)11-12-9/h4,6-7H,3,5H2,1-2H3. The molecule has 0 unspecified atom stereocenters. The minimum atomic E-state index is 0.976. The Labute approximate surface area is 77.4 Å². The van der Waals surface area contributed by atoms with Crippen LogP contribution >= 0.6 is 0 Å². The van der Waals surface area contributed by atoms with E-state index in [4.69, 9.17) is 0 Å². The van der Waals surface area contributed by atoms with Crippen LogP contribution in [0, 0.1) is 6.92 Å². The van der Waals surface area contributed by atoms with Crippen LogP contribution in [0.3, 0.4) is 0 Å². The molecule has 0 spiro atoms. The van der Waals surface area contributed by atoms with Gasteiger partial charge in [0.25, 0.3) is 0 Å². The molecule has 0 aliphatic carbocycles. The number of nitrogens with zero attached hydrogens (tertiary/aromatic N) is 3. The first-order chi connectivity index (χ1) is 6.31. The Balaban J connectivity index is 2.58. The topological polar surface area (TPSA) is 30.7 Å². The van der Waals surface area contributed by atoms with Crippen LogP contribution in [0.5, 0.6) is 0 Å². The lowest BCUT2D eigenvalue weighted by Gasteiger charge is -2.01. The van der Waals surface area contributed by atoms with E-state index in [2.05, 4.69) is 34.0 Å². The fraction of sp³-hybridized carbons (Fsp3) is 0.400. The fourth-order valence-electron chi connectivity index (χ4n) is 1.51. The second-order valence-corrected chi connectivity index (χ2v) is 3.27. The quantitative estimate of drug-likeness (QED) is 0.700. The van der Waals surface area contributed by atoms with Crippen LogP contribution < -0.4 is 0 Å². The molecule has 68 valence electrons. The molecule has 0 radical (unpaired) electrons. The van der Waals surface area contributed by atoms with Crippen LogP contribution in [0.1, 0.15) is 19.0 Å². The molecule has 0 fully saturated rings. The van der Waals surface area contributed by atoms with Crippen molar-refractivity contribution in [3.05, 3.63) is 24.0 Å². The molecule has 3 heteroatoms. The first kappa shape index (κ1) is 8.23. The van der Waals surface area contributed by atoms with E-state index in [0.29, 0.717) is 0 Å². The Hall–Kier alpha value is -1.38. The highest BCUT2D eigenvalue weighted by Gasteiger charge is 2.01. The third-order valence-electron chi connectivity index (χ3n) is 2.11. The molecular weight excluding hydrogens is 162 g/mol. The molecule has 3 nitrogen and oxygen atoms in total. The third-order valence-corrected chi connectivity index (χ3v) is 2.11. The van der Waals surface area contributed by atoms with Crippen molar-refractivity contribution in [2.24, 2.45) is 0 Å². The van der Waals surface area contributed by atoms with Crippen molar-refractivity contribution in [3.8, 4) is 0 Å². The van der Waals surface area contributed by atoms with E-state index in [-0.39, 0.29) is 0 Å². The molecule has 2 heterocycles. The summed E-state index contributed by atoms with van der Waals surface area (Å²) < 4.78 is 2.22. The second kappa shape index (κ2) is 3.17. The monoisotopic (exact) mass is 175 g/mol. The minimum absolute atomic E-state index is 0.976. The molecule has 0 atom stereocenters. The number of rotatable bonds is 2. The Morgan fingerprint density at radius 1 is 1.38 bits per heavy atom.